The summed E-state index contributed by atoms with van der Waals surface area (Å²) in [6.45, 7) is 0. The Kier molecular flexibility index (Phi) is 4.69. The normalized spacial score (nSPS) is 12.5. The van der Waals surface area contributed by atoms with Crippen molar-refractivity contribution >= 4 is 34.8 Å². The van der Waals surface area contributed by atoms with Crippen LogP contribution in [-0.4, -0.2) is 0 Å². The molecule has 2 aromatic rings. The van der Waals surface area contributed by atoms with Gasteiger partial charge >= 0.3 is 0 Å². The predicted molar refractivity (Wildman–Crippen MR) is 78.5 cm³/mol. The highest BCUT2D eigenvalue weighted by Crippen LogP contribution is 2.28. The fourth-order valence-electron chi connectivity index (χ4n) is 1.84. The van der Waals surface area contributed by atoms with Gasteiger partial charge in [0.15, 0.2) is 0 Å². The molecule has 0 amide bonds. The van der Waals surface area contributed by atoms with Crippen LogP contribution in [0.25, 0.3) is 0 Å². The third-order valence-corrected chi connectivity index (χ3v) is 3.96. The standard InChI is InChI=1S/C14H11Cl3FN/c15-10-5-4-8(6-11(10)16)7-13(19)9-2-1-3-12(18)14(9)17/h1-6,13H,7,19H2. The van der Waals surface area contributed by atoms with Crippen LogP contribution in [0.3, 0.4) is 0 Å². The van der Waals surface area contributed by atoms with Gasteiger partial charge in [0.05, 0.1) is 15.1 Å². The Morgan fingerprint density at radius 3 is 2.47 bits per heavy atom. The van der Waals surface area contributed by atoms with Gasteiger partial charge < -0.3 is 5.73 Å². The lowest BCUT2D eigenvalue weighted by atomic mass is 9.99. The molecule has 0 bridgehead atoms. The SMILES string of the molecule is NC(Cc1ccc(Cl)c(Cl)c1)c1cccc(F)c1Cl. The average Bonchev–Trinajstić information content (AvgIpc) is 2.37. The zero-order chi connectivity index (χ0) is 14.0. The maximum atomic E-state index is 13.4. The molecule has 0 aliphatic carbocycles. The van der Waals surface area contributed by atoms with Crippen LogP contribution in [0.2, 0.25) is 15.1 Å². The number of halogens is 4. The molecular formula is C14H11Cl3FN. The van der Waals surface area contributed by atoms with Gasteiger partial charge in [0.2, 0.25) is 0 Å². The lowest BCUT2D eigenvalue weighted by Gasteiger charge is -2.14. The number of benzene rings is 2. The minimum absolute atomic E-state index is 0.0649. The van der Waals surface area contributed by atoms with Gasteiger partial charge in [-0.25, -0.2) is 4.39 Å². The average molecular weight is 319 g/mol. The number of hydrogen-bond donors (Lipinski definition) is 1. The highest BCUT2D eigenvalue weighted by atomic mass is 35.5. The van der Waals surface area contributed by atoms with E-state index in [4.69, 9.17) is 40.5 Å². The first-order valence-corrected chi connectivity index (χ1v) is 6.76. The third-order valence-electron chi connectivity index (χ3n) is 2.82. The van der Waals surface area contributed by atoms with Crippen molar-refractivity contribution in [3.05, 3.63) is 68.4 Å². The Hall–Kier alpha value is -0.800. The molecule has 0 heterocycles. The van der Waals surface area contributed by atoms with Crippen molar-refractivity contribution in [1.29, 1.82) is 0 Å². The van der Waals surface area contributed by atoms with Gasteiger partial charge in [0, 0.05) is 6.04 Å². The van der Waals surface area contributed by atoms with Crippen molar-refractivity contribution in [1.82, 2.24) is 0 Å². The molecule has 2 N–H and O–H groups in total. The molecule has 0 spiro atoms. The quantitative estimate of drug-likeness (QED) is 0.844. The Labute approximate surface area is 126 Å². The number of rotatable bonds is 3. The van der Waals surface area contributed by atoms with Crippen LogP contribution in [-0.2, 0) is 6.42 Å². The summed E-state index contributed by atoms with van der Waals surface area (Å²) in [5, 5.41) is 1.02. The summed E-state index contributed by atoms with van der Waals surface area (Å²) in [7, 11) is 0. The van der Waals surface area contributed by atoms with Gasteiger partial charge in [0.25, 0.3) is 0 Å². The van der Waals surface area contributed by atoms with Crippen LogP contribution in [0.15, 0.2) is 36.4 Å². The summed E-state index contributed by atoms with van der Waals surface area (Å²) in [6.07, 6.45) is 0.500. The van der Waals surface area contributed by atoms with Crippen LogP contribution < -0.4 is 5.73 Å². The summed E-state index contributed by atoms with van der Waals surface area (Å²) in [6, 6.07) is 9.49. The summed E-state index contributed by atoms with van der Waals surface area (Å²) in [5.41, 5.74) is 7.55. The molecule has 2 aromatic carbocycles. The van der Waals surface area contributed by atoms with Crippen LogP contribution in [0, 0.1) is 5.82 Å². The lowest BCUT2D eigenvalue weighted by Crippen LogP contribution is -2.14. The molecule has 0 saturated heterocycles. The van der Waals surface area contributed by atoms with E-state index in [1.807, 2.05) is 6.07 Å². The molecule has 1 unspecified atom stereocenters. The largest absolute Gasteiger partial charge is 0.324 e. The highest BCUT2D eigenvalue weighted by Gasteiger charge is 2.14. The van der Waals surface area contributed by atoms with E-state index < -0.39 is 11.9 Å². The van der Waals surface area contributed by atoms with E-state index >= 15 is 0 Å². The van der Waals surface area contributed by atoms with E-state index in [2.05, 4.69) is 0 Å². The van der Waals surface area contributed by atoms with Crippen LogP contribution >= 0.6 is 34.8 Å². The second kappa shape index (κ2) is 6.10. The summed E-state index contributed by atoms with van der Waals surface area (Å²) >= 11 is 17.7. The van der Waals surface area contributed by atoms with Gasteiger partial charge in [-0.05, 0) is 35.7 Å². The Morgan fingerprint density at radius 2 is 1.79 bits per heavy atom. The number of nitrogens with two attached hydrogens (primary N) is 1. The minimum Gasteiger partial charge on any atom is -0.324 e. The first-order valence-electron chi connectivity index (χ1n) is 5.62. The molecule has 0 fully saturated rings. The Balaban J connectivity index is 2.23. The van der Waals surface area contributed by atoms with E-state index in [1.165, 1.54) is 6.07 Å². The fraction of sp³-hybridized carbons (Fsp3) is 0.143. The van der Waals surface area contributed by atoms with E-state index in [-0.39, 0.29) is 5.02 Å². The van der Waals surface area contributed by atoms with E-state index in [1.54, 1.807) is 24.3 Å². The molecule has 0 aromatic heterocycles. The maximum absolute atomic E-state index is 13.4. The molecule has 5 heteroatoms. The molecule has 0 radical (unpaired) electrons. The Bertz CT molecular complexity index is 601. The first-order chi connectivity index (χ1) is 8.99. The second-order valence-corrected chi connectivity index (χ2v) is 5.39. The minimum atomic E-state index is -0.469. The Morgan fingerprint density at radius 1 is 1.05 bits per heavy atom. The van der Waals surface area contributed by atoms with E-state index in [0.29, 0.717) is 22.0 Å². The van der Waals surface area contributed by atoms with Gasteiger partial charge in [-0.2, -0.15) is 0 Å². The zero-order valence-electron chi connectivity index (χ0n) is 9.84. The molecule has 19 heavy (non-hydrogen) atoms. The van der Waals surface area contributed by atoms with E-state index in [0.717, 1.165) is 5.56 Å². The molecule has 0 saturated carbocycles. The molecule has 100 valence electrons. The smallest absolute Gasteiger partial charge is 0.142 e. The zero-order valence-corrected chi connectivity index (χ0v) is 12.1. The number of hydrogen-bond acceptors (Lipinski definition) is 1. The molecule has 1 nitrogen and oxygen atoms in total. The molecule has 1 atom stereocenters. The highest BCUT2D eigenvalue weighted by molar-refractivity contribution is 6.42. The maximum Gasteiger partial charge on any atom is 0.142 e. The predicted octanol–water partition coefficient (Wildman–Crippen LogP) is 5.03. The fourth-order valence-corrected chi connectivity index (χ4v) is 2.42. The molecule has 2 rings (SSSR count). The van der Waals surface area contributed by atoms with Gasteiger partial charge in [-0.3, -0.25) is 0 Å². The van der Waals surface area contributed by atoms with Gasteiger partial charge in [0.1, 0.15) is 5.82 Å². The third kappa shape index (κ3) is 3.40. The first kappa shape index (κ1) is 14.6. The van der Waals surface area contributed by atoms with Gasteiger partial charge in [-0.1, -0.05) is 53.0 Å². The van der Waals surface area contributed by atoms with Crippen molar-refractivity contribution in [3.63, 3.8) is 0 Å². The topological polar surface area (TPSA) is 26.0 Å². The summed E-state index contributed by atoms with van der Waals surface area (Å²) in [4.78, 5) is 0. The molecule has 0 aliphatic heterocycles. The lowest BCUT2D eigenvalue weighted by molar-refractivity contribution is 0.619. The summed E-state index contributed by atoms with van der Waals surface area (Å²) in [5.74, 6) is -0.469. The summed E-state index contributed by atoms with van der Waals surface area (Å²) < 4.78 is 13.4. The van der Waals surface area contributed by atoms with Crippen molar-refractivity contribution < 1.29 is 4.39 Å². The van der Waals surface area contributed by atoms with Gasteiger partial charge in [-0.15, -0.1) is 0 Å². The van der Waals surface area contributed by atoms with Crippen molar-refractivity contribution in [3.8, 4) is 0 Å². The van der Waals surface area contributed by atoms with E-state index in [9.17, 15) is 4.39 Å². The van der Waals surface area contributed by atoms with Crippen molar-refractivity contribution in [2.24, 2.45) is 5.73 Å². The van der Waals surface area contributed by atoms with Crippen LogP contribution in [0.5, 0.6) is 0 Å². The molecular weight excluding hydrogens is 308 g/mol. The molecule has 0 aliphatic rings. The monoisotopic (exact) mass is 317 g/mol. The van der Waals surface area contributed by atoms with Crippen LogP contribution in [0.4, 0.5) is 4.39 Å². The van der Waals surface area contributed by atoms with Crippen LogP contribution in [0.1, 0.15) is 17.2 Å². The second-order valence-electron chi connectivity index (χ2n) is 4.20. The van der Waals surface area contributed by atoms with Crippen molar-refractivity contribution in [2.45, 2.75) is 12.5 Å². The van der Waals surface area contributed by atoms with Crippen molar-refractivity contribution in [2.75, 3.05) is 0 Å².